The number of aromatic nitrogens is 1. The maximum Gasteiger partial charge on any atom is 0.113 e. The Kier molecular flexibility index (Phi) is 3.55. The highest BCUT2D eigenvalue weighted by Gasteiger charge is 2.23. The molecule has 2 aromatic rings. The Labute approximate surface area is 113 Å². The number of thiazole rings is 1. The van der Waals surface area contributed by atoms with Crippen LogP contribution < -0.4 is 5.73 Å². The molecule has 3 heteroatoms. The predicted octanol–water partition coefficient (Wildman–Crippen LogP) is 4.01. The van der Waals surface area contributed by atoms with Crippen molar-refractivity contribution in [2.24, 2.45) is 5.73 Å². The quantitative estimate of drug-likeness (QED) is 0.905. The van der Waals surface area contributed by atoms with Gasteiger partial charge in [-0.15, -0.1) is 11.3 Å². The summed E-state index contributed by atoms with van der Waals surface area (Å²) in [5.41, 5.74) is 10.7. The van der Waals surface area contributed by atoms with Gasteiger partial charge in [-0.1, -0.05) is 30.7 Å². The maximum absolute atomic E-state index is 6.24. The van der Waals surface area contributed by atoms with Gasteiger partial charge in [0.2, 0.25) is 0 Å². The molecule has 1 atom stereocenters. The molecule has 0 aliphatic rings. The van der Waals surface area contributed by atoms with Crippen LogP contribution in [0.4, 0.5) is 0 Å². The van der Waals surface area contributed by atoms with Crippen LogP contribution in [-0.4, -0.2) is 4.98 Å². The molecule has 0 saturated heterocycles. The summed E-state index contributed by atoms with van der Waals surface area (Å²) in [4.78, 5) is 4.71. The molecule has 0 saturated carbocycles. The molecule has 0 bridgehead atoms. The summed E-state index contributed by atoms with van der Waals surface area (Å²) in [5, 5.41) is 3.12. The summed E-state index contributed by atoms with van der Waals surface area (Å²) < 4.78 is 0. The average Bonchev–Trinajstić information content (AvgIpc) is 2.79. The normalized spacial score (nSPS) is 14.5. The van der Waals surface area contributed by atoms with Gasteiger partial charge in [0.05, 0.1) is 11.2 Å². The Hall–Kier alpha value is -1.19. The van der Waals surface area contributed by atoms with Crippen molar-refractivity contribution in [3.63, 3.8) is 0 Å². The van der Waals surface area contributed by atoms with E-state index in [-0.39, 0.29) is 5.54 Å². The second kappa shape index (κ2) is 4.82. The second-order valence-corrected chi connectivity index (χ2v) is 5.99. The maximum atomic E-state index is 6.24. The van der Waals surface area contributed by atoms with Crippen LogP contribution in [0, 0.1) is 13.8 Å². The van der Waals surface area contributed by atoms with Crippen molar-refractivity contribution < 1.29 is 0 Å². The Morgan fingerprint density at radius 3 is 2.67 bits per heavy atom. The van der Waals surface area contributed by atoms with Gasteiger partial charge in [0, 0.05) is 10.9 Å². The van der Waals surface area contributed by atoms with E-state index in [4.69, 9.17) is 10.7 Å². The van der Waals surface area contributed by atoms with Gasteiger partial charge in [-0.05, 0) is 32.8 Å². The van der Waals surface area contributed by atoms with Crippen molar-refractivity contribution in [2.45, 2.75) is 39.7 Å². The molecule has 1 unspecified atom stereocenters. The largest absolute Gasteiger partial charge is 0.320 e. The minimum absolute atomic E-state index is 0.318. The van der Waals surface area contributed by atoms with Crippen molar-refractivity contribution in [1.82, 2.24) is 4.98 Å². The highest BCUT2D eigenvalue weighted by atomic mass is 32.1. The van der Waals surface area contributed by atoms with E-state index in [2.05, 4.69) is 44.4 Å². The SMILES string of the molecule is CCC(C)(N)c1nc(-c2ccc(C)cc2C)cs1. The third-order valence-corrected chi connectivity index (χ3v) is 4.51. The van der Waals surface area contributed by atoms with Crippen molar-refractivity contribution in [3.05, 3.63) is 39.7 Å². The van der Waals surface area contributed by atoms with Gasteiger partial charge >= 0.3 is 0 Å². The Morgan fingerprint density at radius 1 is 1.33 bits per heavy atom. The van der Waals surface area contributed by atoms with Gasteiger partial charge in [0.1, 0.15) is 5.01 Å². The number of hydrogen-bond donors (Lipinski definition) is 1. The van der Waals surface area contributed by atoms with Crippen molar-refractivity contribution in [3.8, 4) is 11.3 Å². The van der Waals surface area contributed by atoms with Gasteiger partial charge < -0.3 is 5.73 Å². The summed E-state index contributed by atoms with van der Waals surface area (Å²) in [6.07, 6.45) is 0.896. The van der Waals surface area contributed by atoms with E-state index >= 15 is 0 Å². The number of hydrogen-bond acceptors (Lipinski definition) is 3. The van der Waals surface area contributed by atoms with Crippen LogP contribution in [0.3, 0.4) is 0 Å². The highest BCUT2D eigenvalue weighted by molar-refractivity contribution is 7.10. The lowest BCUT2D eigenvalue weighted by Crippen LogP contribution is -2.31. The van der Waals surface area contributed by atoms with Crippen LogP contribution >= 0.6 is 11.3 Å². The van der Waals surface area contributed by atoms with Crippen LogP contribution in [0.25, 0.3) is 11.3 Å². The second-order valence-electron chi connectivity index (χ2n) is 5.13. The number of aryl methyl sites for hydroxylation is 2. The molecule has 0 spiro atoms. The molecule has 0 aliphatic carbocycles. The fraction of sp³-hybridized carbons (Fsp3) is 0.400. The minimum Gasteiger partial charge on any atom is -0.320 e. The van der Waals surface area contributed by atoms with E-state index < -0.39 is 0 Å². The van der Waals surface area contributed by atoms with E-state index in [1.165, 1.54) is 16.7 Å². The van der Waals surface area contributed by atoms with Crippen LogP contribution in [0.1, 0.15) is 36.4 Å². The van der Waals surface area contributed by atoms with Gasteiger partial charge in [-0.2, -0.15) is 0 Å². The Balaban J connectivity index is 2.41. The Bertz CT molecular complexity index is 555. The standard InChI is InChI=1S/C15H20N2S/c1-5-15(4,16)14-17-13(9-18-14)12-7-6-10(2)8-11(12)3/h6-9H,5,16H2,1-4H3. The topological polar surface area (TPSA) is 38.9 Å². The van der Waals surface area contributed by atoms with Gasteiger partial charge in [0.15, 0.2) is 0 Å². The average molecular weight is 260 g/mol. The third kappa shape index (κ3) is 2.47. The van der Waals surface area contributed by atoms with Crippen LogP contribution in [0.2, 0.25) is 0 Å². The fourth-order valence-corrected chi connectivity index (χ4v) is 2.88. The molecule has 18 heavy (non-hydrogen) atoms. The van der Waals surface area contributed by atoms with Crippen molar-refractivity contribution in [1.29, 1.82) is 0 Å². The Morgan fingerprint density at radius 2 is 2.06 bits per heavy atom. The molecule has 96 valence electrons. The molecular formula is C15H20N2S. The minimum atomic E-state index is -0.318. The molecule has 1 aromatic carbocycles. The van der Waals surface area contributed by atoms with Crippen molar-refractivity contribution >= 4 is 11.3 Å². The molecule has 2 rings (SSSR count). The van der Waals surface area contributed by atoms with Crippen LogP contribution in [0.5, 0.6) is 0 Å². The molecule has 2 nitrogen and oxygen atoms in total. The first-order chi connectivity index (χ1) is 8.44. The van der Waals surface area contributed by atoms with E-state index in [9.17, 15) is 0 Å². The molecule has 2 N–H and O–H groups in total. The zero-order valence-corrected chi connectivity index (χ0v) is 12.3. The monoisotopic (exact) mass is 260 g/mol. The first-order valence-electron chi connectivity index (χ1n) is 6.26. The smallest absolute Gasteiger partial charge is 0.113 e. The van der Waals surface area contributed by atoms with Gasteiger partial charge in [-0.3, -0.25) is 0 Å². The molecule has 0 fully saturated rings. The first kappa shape index (κ1) is 13.2. The summed E-state index contributed by atoms with van der Waals surface area (Å²) in [5.74, 6) is 0. The number of rotatable bonds is 3. The lowest BCUT2D eigenvalue weighted by Gasteiger charge is -2.19. The van der Waals surface area contributed by atoms with Gasteiger partial charge in [0.25, 0.3) is 0 Å². The number of nitrogens with two attached hydrogens (primary N) is 1. The molecule has 1 heterocycles. The number of benzene rings is 1. The number of nitrogens with zero attached hydrogens (tertiary/aromatic N) is 1. The fourth-order valence-electron chi connectivity index (χ4n) is 1.91. The summed E-state index contributed by atoms with van der Waals surface area (Å²) in [7, 11) is 0. The zero-order chi connectivity index (χ0) is 13.3. The zero-order valence-electron chi connectivity index (χ0n) is 11.4. The van der Waals surface area contributed by atoms with Gasteiger partial charge in [-0.25, -0.2) is 4.98 Å². The lowest BCUT2D eigenvalue weighted by atomic mass is 10.0. The lowest BCUT2D eigenvalue weighted by molar-refractivity contribution is 0.474. The summed E-state index contributed by atoms with van der Waals surface area (Å²) in [6.45, 7) is 8.37. The molecule has 0 amide bonds. The predicted molar refractivity (Wildman–Crippen MR) is 78.9 cm³/mol. The van der Waals surface area contributed by atoms with Crippen LogP contribution in [-0.2, 0) is 5.54 Å². The molecule has 0 radical (unpaired) electrons. The molecule has 0 aliphatic heterocycles. The molecule has 1 aromatic heterocycles. The van der Waals surface area contributed by atoms with Crippen molar-refractivity contribution in [2.75, 3.05) is 0 Å². The van der Waals surface area contributed by atoms with E-state index in [0.717, 1.165) is 17.1 Å². The third-order valence-electron chi connectivity index (χ3n) is 3.39. The highest BCUT2D eigenvalue weighted by Crippen LogP contribution is 2.30. The van der Waals surface area contributed by atoms with E-state index in [1.54, 1.807) is 11.3 Å². The first-order valence-corrected chi connectivity index (χ1v) is 7.14. The summed E-state index contributed by atoms with van der Waals surface area (Å²) >= 11 is 1.65. The summed E-state index contributed by atoms with van der Waals surface area (Å²) in [6, 6.07) is 6.46. The van der Waals surface area contributed by atoms with E-state index in [0.29, 0.717) is 0 Å². The molecular weight excluding hydrogens is 240 g/mol. The van der Waals surface area contributed by atoms with Crippen LogP contribution in [0.15, 0.2) is 23.6 Å². The van der Waals surface area contributed by atoms with E-state index in [1.807, 2.05) is 6.92 Å².